The van der Waals surface area contributed by atoms with Crippen LogP contribution in [0.4, 0.5) is 5.69 Å². The minimum Gasteiger partial charge on any atom is -0.484 e. The number of hydrogen-bond donors (Lipinski definition) is 2. The fourth-order valence-electron chi connectivity index (χ4n) is 2.35. The van der Waals surface area contributed by atoms with Gasteiger partial charge in [0.05, 0.1) is 11.3 Å². The van der Waals surface area contributed by atoms with Crippen molar-refractivity contribution in [2.24, 2.45) is 0 Å². The molecule has 2 aromatic carbocycles. The number of amides is 2. The highest BCUT2D eigenvalue weighted by atomic mass is 79.9. The molecule has 0 unspecified atom stereocenters. The van der Waals surface area contributed by atoms with Crippen LogP contribution in [0.3, 0.4) is 0 Å². The van der Waals surface area contributed by atoms with Crippen LogP contribution >= 0.6 is 15.9 Å². The average molecular weight is 435 g/mol. The number of nitrogens with one attached hydrogen (secondary N) is 2. The maximum absolute atomic E-state index is 12.3. The molecule has 0 aliphatic carbocycles. The van der Waals surface area contributed by atoms with Gasteiger partial charge in [-0.3, -0.25) is 9.59 Å². The van der Waals surface area contributed by atoms with Crippen LogP contribution < -0.4 is 15.4 Å². The zero-order valence-corrected chi connectivity index (χ0v) is 17.0. The largest absolute Gasteiger partial charge is 0.484 e. The van der Waals surface area contributed by atoms with Crippen LogP contribution in [0.5, 0.6) is 5.75 Å². The van der Waals surface area contributed by atoms with Crippen LogP contribution in [0.25, 0.3) is 0 Å². The lowest BCUT2D eigenvalue weighted by Gasteiger charge is -2.12. The first-order valence-corrected chi connectivity index (χ1v) is 9.35. The number of aryl methyl sites for hydroxylation is 1. The Balaban J connectivity index is 1.93. The molecule has 0 aliphatic heterocycles. The number of hydrogen-bond acceptors (Lipinski definition) is 4. The zero-order chi connectivity index (χ0) is 19.6. The Labute approximate surface area is 167 Å². The fraction of sp³-hybridized carbons (Fsp3) is 0.300. The third-order valence-corrected chi connectivity index (χ3v) is 4.65. The first-order valence-electron chi connectivity index (χ1n) is 8.56. The maximum Gasteiger partial charge on any atom is 0.262 e. The summed E-state index contributed by atoms with van der Waals surface area (Å²) in [6.45, 7) is 2.87. The van der Waals surface area contributed by atoms with Gasteiger partial charge in [-0.2, -0.15) is 0 Å². The highest BCUT2D eigenvalue weighted by molar-refractivity contribution is 9.10. The summed E-state index contributed by atoms with van der Waals surface area (Å²) in [4.78, 5) is 24.5. The van der Waals surface area contributed by atoms with E-state index in [2.05, 4.69) is 26.6 Å². The van der Waals surface area contributed by atoms with Gasteiger partial charge >= 0.3 is 0 Å². The topological polar surface area (TPSA) is 76.7 Å². The Morgan fingerprint density at radius 3 is 2.67 bits per heavy atom. The summed E-state index contributed by atoms with van der Waals surface area (Å²) in [5.74, 6) is 0.0247. The minimum atomic E-state index is -0.338. The van der Waals surface area contributed by atoms with E-state index in [0.717, 1.165) is 16.5 Å². The van der Waals surface area contributed by atoms with Crippen molar-refractivity contribution >= 4 is 33.4 Å². The number of anilines is 1. The molecule has 6 nitrogen and oxygen atoms in total. The number of benzene rings is 2. The highest BCUT2D eigenvalue weighted by Crippen LogP contribution is 2.21. The number of methoxy groups -OCH3 is 1. The zero-order valence-electron chi connectivity index (χ0n) is 15.4. The number of para-hydroxylation sites is 1. The van der Waals surface area contributed by atoms with Gasteiger partial charge in [0.1, 0.15) is 5.75 Å². The summed E-state index contributed by atoms with van der Waals surface area (Å²) in [5, 5.41) is 5.54. The molecule has 2 N–H and O–H groups in total. The van der Waals surface area contributed by atoms with Gasteiger partial charge in [0.25, 0.3) is 11.8 Å². The average Bonchev–Trinajstić information content (AvgIpc) is 2.66. The van der Waals surface area contributed by atoms with Gasteiger partial charge in [-0.05, 0) is 49.2 Å². The van der Waals surface area contributed by atoms with E-state index >= 15 is 0 Å². The van der Waals surface area contributed by atoms with Crippen LogP contribution in [-0.4, -0.2) is 38.7 Å². The van der Waals surface area contributed by atoms with Gasteiger partial charge in [0, 0.05) is 24.7 Å². The van der Waals surface area contributed by atoms with E-state index in [4.69, 9.17) is 9.47 Å². The first kappa shape index (κ1) is 20.9. The van der Waals surface area contributed by atoms with E-state index in [1.807, 2.05) is 19.1 Å². The van der Waals surface area contributed by atoms with E-state index in [1.54, 1.807) is 37.4 Å². The van der Waals surface area contributed by atoms with Crippen molar-refractivity contribution in [2.45, 2.75) is 13.3 Å². The van der Waals surface area contributed by atoms with Crippen molar-refractivity contribution in [3.05, 3.63) is 58.1 Å². The lowest BCUT2D eigenvalue weighted by Crippen LogP contribution is -2.27. The van der Waals surface area contributed by atoms with Gasteiger partial charge in [0.2, 0.25) is 0 Å². The van der Waals surface area contributed by atoms with Crippen molar-refractivity contribution in [3.8, 4) is 5.75 Å². The lowest BCUT2D eigenvalue weighted by molar-refractivity contribution is -0.118. The SMILES string of the molecule is COCCCNC(=O)c1ccccc1NC(=O)COc1ccc(Br)c(C)c1. The molecular formula is C20H23BrN2O4. The molecule has 0 aromatic heterocycles. The summed E-state index contributed by atoms with van der Waals surface area (Å²) < 4.78 is 11.5. The van der Waals surface area contributed by atoms with Crippen LogP contribution in [0.1, 0.15) is 22.3 Å². The number of halogens is 1. The Kier molecular flexibility index (Phi) is 8.29. The maximum atomic E-state index is 12.3. The van der Waals surface area contributed by atoms with Crippen molar-refractivity contribution in [3.63, 3.8) is 0 Å². The van der Waals surface area contributed by atoms with Crippen LogP contribution in [0, 0.1) is 6.92 Å². The highest BCUT2D eigenvalue weighted by Gasteiger charge is 2.13. The van der Waals surface area contributed by atoms with E-state index in [1.165, 1.54) is 0 Å². The fourth-order valence-corrected chi connectivity index (χ4v) is 2.59. The van der Waals surface area contributed by atoms with Crippen molar-refractivity contribution in [1.82, 2.24) is 5.32 Å². The standard InChI is InChI=1S/C20H23BrN2O4/c1-14-12-15(8-9-17(14)21)27-13-19(24)23-18-7-4-3-6-16(18)20(25)22-10-5-11-26-2/h3-4,6-9,12H,5,10-11,13H2,1-2H3,(H,22,25)(H,23,24). The summed E-state index contributed by atoms with van der Waals surface area (Å²) in [7, 11) is 1.62. The van der Waals surface area contributed by atoms with Crippen LogP contribution in [0.2, 0.25) is 0 Å². The molecular weight excluding hydrogens is 412 g/mol. The van der Waals surface area contributed by atoms with E-state index in [9.17, 15) is 9.59 Å². The normalized spacial score (nSPS) is 10.3. The first-order chi connectivity index (χ1) is 13.0. The molecule has 2 aromatic rings. The predicted molar refractivity (Wildman–Crippen MR) is 108 cm³/mol. The summed E-state index contributed by atoms with van der Waals surface area (Å²) >= 11 is 3.42. The summed E-state index contributed by atoms with van der Waals surface area (Å²) in [6, 6.07) is 12.4. The minimum absolute atomic E-state index is 0.148. The van der Waals surface area contributed by atoms with E-state index in [0.29, 0.717) is 30.2 Å². The molecule has 0 saturated carbocycles. The molecule has 2 rings (SSSR count). The van der Waals surface area contributed by atoms with Gasteiger partial charge in [0.15, 0.2) is 6.61 Å². The van der Waals surface area contributed by atoms with Gasteiger partial charge in [-0.15, -0.1) is 0 Å². The molecule has 0 aliphatic rings. The Morgan fingerprint density at radius 2 is 1.93 bits per heavy atom. The van der Waals surface area contributed by atoms with Crippen LogP contribution in [-0.2, 0) is 9.53 Å². The number of carbonyl (C=O) groups excluding carboxylic acids is 2. The quantitative estimate of drug-likeness (QED) is 0.591. The molecule has 0 radical (unpaired) electrons. The molecule has 0 fully saturated rings. The second-order valence-electron chi connectivity index (χ2n) is 5.90. The third kappa shape index (κ3) is 6.69. The number of carbonyl (C=O) groups is 2. The summed E-state index contributed by atoms with van der Waals surface area (Å²) in [5.41, 5.74) is 1.87. The molecule has 2 amide bonds. The van der Waals surface area contributed by atoms with Crippen LogP contribution in [0.15, 0.2) is 46.9 Å². The monoisotopic (exact) mass is 434 g/mol. The molecule has 27 heavy (non-hydrogen) atoms. The van der Waals surface area contributed by atoms with Gasteiger partial charge in [-0.1, -0.05) is 28.1 Å². The smallest absolute Gasteiger partial charge is 0.262 e. The Hall–Kier alpha value is -2.38. The second kappa shape index (κ2) is 10.7. The Morgan fingerprint density at radius 1 is 1.15 bits per heavy atom. The molecule has 0 heterocycles. The third-order valence-electron chi connectivity index (χ3n) is 3.76. The molecule has 0 atom stereocenters. The lowest BCUT2D eigenvalue weighted by atomic mass is 10.1. The van der Waals surface area contributed by atoms with Gasteiger partial charge in [-0.25, -0.2) is 0 Å². The van der Waals surface area contributed by atoms with Gasteiger partial charge < -0.3 is 20.1 Å². The Bertz CT molecular complexity index is 795. The second-order valence-corrected chi connectivity index (χ2v) is 6.75. The predicted octanol–water partition coefficient (Wildman–Crippen LogP) is 3.54. The molecule has 0 spiro atoms. The van der Waals surface area contributed by atoms with Crippen molar-refractivity contribution in [2.75, 3.05) is 32.2 Å². The number of rotatable bonds is 9. The molecule has 7 heteroatoms. The van der Waals surface area contributed by atoms with Crippen molar-refractivity contribution < 1.29 is 19.1 Å². The van der Waals surface area contributed by atoms with Crippen molar-refractivity contribution in [1.29, 1.82) is 0 Å². The van der Waals surface area contributed by atoms with E-state index in [-0.39, 0.29) is 18.4 Å². The molecule has 0 saturated heterocycles. The molecule has 0 bridgehead atoms. The number of ether oxygens (including phenoxy) is 2. The molecule has 144 valence electrons. The van der Waals surface area contributed by atoms with E-state index < -0.39 is 0 Å². The summed E-state index contributed by atoms with van der Waals surface area (Å²) in [6.07, 6.45) is 0.719.